The highest BCUT2D eigenvalue weighted by atomic mass is 31.2. The number of phosphoric acid groups is 2. The summed E-state index contributed by atoms with van der Waals surface area (Å²) in [5.74, 6) is -2.24. The lowest BCUT2D eigenvalue weighted by molar-refractivity contribution is -0.161. The summed E-state index contributed by atoms with van der Waals surface area (Å²) in [5.41, 5.74) is 0. The van der Waals surface area contributed by atoms with Crippen LogP contribution in [0.3, 0.4) is 0 Å². The Bertz CT molecular complexity index is 2110. The van der Waals surface area contributed by atoms with Crippen LogP contribution in [-0.4, -0.2) is 96.7 Å². The van der Waals surface area contributed by atoms with E-state index in [0.717, 1.165) is 128 Å². The second-order valence-electron chi connectivity index (χ2n) is 25.6. The maximum Gasteiger partial charge on any atom is 0.472 e. The maximum atomic E-state index is 13.1. The van der Waals surface area contributed by atoms with Gasteiger partial charge in [-0.25, -0.2) is 9.13 Å². The highest BCUT2D eigenvalue weighted by Crippen LogP contribution is 2.45. The monoisotopic (exact) mass is 1400 g/mol. The topological polar surface area (TPSA) is 237 Å². The van der Waals surface area contributed by atoms with Crippen molar-refractivity contribution in [3.63, 3.8) is 0 Å². The van der Waals surface area contributed by atoms with Crippen LogP contribution in [0.1, 0.15) is 336 Å². The molecule has 0 aromatic rings. The lowest BCUT2D eigenvalue weighted by atomic mass is 10.0. The van der Waals surface area contributed by atoms with Gasteiger partial charge in [-0.1, -0.05) is 268 Å². The molecule has 0 bridgehead atoms. The van der Waals surface area contributed by atoms with Crippen LogP contribution in [0.15, 0.2) is 72.9 Å². The molecule has 0 aromatic carbocycles. The molecule has 0 aromatic heterocycles. The SMILES string of the molecule is CCCCC/C=C\C/C=C\C/C=C\C/C=C\CCCC(=O)OC[C@H](COP(=O)(O)OC[C@H](O)COP(=O)(O)OC[C@@H](COC(=O)CCCCCCC/C=C\CCCCCC)OC(=O)CCCCCCCCCCCCCCC)OC(=O)CCCCCCC/C=C\CCCCCC. The molecule has 0 rings (SSSR count). The summed E-state index contributed by atoms with van der Waals surface area (Å²) in [6.07, 6.45) is 69.0. The van der Waals surface area contributed by atoms with Gasteiger partial charge in [0, 0.05) is 25.7 Å². The number of aliphatic hydroxyl groups excluding tert-OH is 1. The summed E-state index contributed by atoms with van der Waals surface area (Å²) in [6.45, 7) is 4.77. The average Bonchev–Trinajstić information content (AvgIpc) is 3.12. The number of hydrogen-bond acceptors (Lipinski definition) is 15. The third-order valence-corrected chi connectivity index (χ3v) is 18.0. The van der Waals surface area contributed by atoms with Crippen LogP contribution >= 0.6 is 15.6 Å². The van der Waals surface area contributed by atoms with E-state index in [1.807, 2.05) is 12.2 Å². The van der Waals surface area contributed by atoms with E-state index in [-0.39, 0.29) is 25.7 Å². The number of rotatable bonds is 72. The normalized spacial score (nSPS) is 14.4. The van der Waals surface area contributed by atoms with E-state index in [4.69, 9.17) is 37.0 Å². The number of esters is 4. The molecule has 17 nitrogen and oxygen atoms in total. The van der Waals surface area contributed by atoms with Crippen LogP contribution in [0.25, 0.3) is 0 Å². The van der Waals surface area contributed by atoms with Gasteiger partial charge in [-0.3, -0.25) is 37.3 Å². The molecule has 96 heavy (non-hydrogen) atoms. The number of allylic oxidation sites excluding steroid dienone is 12. The van der Waals surface area contributed by atoms with E-state index in [2.05, 4.69) is 88.5 Å². The first-order valence-corrected chi connectivity index (χ1v) is 41.2. The van der Waals surface area contributed by atoms with Crippen molar-refractivity contribution in [1.82, 2.24) is 0 Å². The smallest absolute Gasteiger partial charge is 0.462 e. The summed E-state index contributed by atoms with van der Waals surface area (Å²) in [4.78, 5) is 72.7. The molecule has 0 saturated heterocycles. The summed E-state index contributed by atoms with van der Waals surface area (Å²) in [5, 5.41) is 10.6. The summed E-state index contributed by atoms with van der Waals surface area (Å²) < 4.78 is 68.4. The molecule has 0 radical (unpaired) electrons. The molecule has 5 atom stereocenters. The third kappa shape index (κ3) is 69.0. The molecule has 3 N–H and O–H groups in total. The Morgan fingerprint density at radius 2 is 0.521 bits per heavy atom. The lowest BCUT2D eigenvalue weighted by Gasteiger charge is -2.21. The zero-order valence-electron chi connectivity index (χ0n) is 60.8. The van der Waals surface area contributed by atoms with E-state index in [9.17, 15) is 43.2 Å². The van der Waals surface area contributed by atoms with E-state index in [1.165, 1.54) is 122 Å². The van der Waals surface area contributed by atoms with Crippen LogP contribution in [0, 0.1) is 0 Å². The largest absolute Gasteiger partial charge is 0.472 e. The van der Waals surface area contributed by atoms with Gasteiger partial charge in [-0.15, -0.1) is 0 Å². The minimum Gasteiger partial charge on any atom is -0.462 e. The van der Waals surface area contributed by atoms with Gasteiger partial charge in [0.15, 0.2) is 12.2 Å². The summed E-state index contributed by atoms with van der Waals surface area (Å²) >= 11 is 0. The minimum absolute atomic E-state index is 0.0755. The van der Waals surface area contributed by atoms with E-state index in [1.54, 1.807) is 0 Å². The van der Waals surface area contributed by atoms with Crippen molar-refractivity contribution in [2.24, 2.45) is 0 Å². The fraction of sp³-hybridized carbons (Fsp3) is 0.792. The fourth-order valence-corrected chi connectivity index (χ4v) is 11.8. The Kier molecular flexibility index (Phi) is 67.4. The minimum atomic E-state index is -4.98. The highest BCUT2D eigenvalue weighted by molar-refractivity contribution is 7.47. The Morgan fingerprint density at radius 3 is 0.865 bits per heavy atom. The van der Waals surface area contributed by atoms with Gasteiger partial charge >= 0.3 is 39.5 Å². The first-order chi connectivity index (χ1) is 46.7. The Morgan fingerprint density at radius 1 is 0.292 bits per heavy atom. The standard InChI is InChI=1S/C77H138O17P2/c1-5-9-13-17-21-25-29-33-34-35-36-40-42-46-50-54-58-62-75(80)88-68-73(94-77(82)64-60-56-52-48-44-39-32-28-24-20-16-12-8-4)70-92-96(85,86)90-66-71(78)65-89-95(83,84)91-69-72(93-76(81)63-59-55-51-47-43-38-31-27-23-19-15-11-7-3)67-87-74(79)61-57-53-49-45-41-37-30-26-22-18-14-10-6-2/h21,25-26,28,30,32-34,36,40,46,50,71-73,78H,5-20,22-24,27,29,31,35,37-39,41-45,47-49,51-70H2,1-4H3,(H,83,84)(H,85,86)/b25-21-,30-26-,32-28-,34-33-,40-36-,50-46-/t71-,72-,73-/m1/s1. The molecule has 0 fully saturated rings. The van der Waals surface area contributed by atoms with Gasteiger partial charge < -0.3 is 33.8 Å². The predicted octanol–water partition coefficient (Wildman–Crippen LogP) is 21.7. The molecular weight excluding hydrogens is 1260 g/mol. The van der Waals surface area contributed by atoms with E-state index in [0.29, 0.717) is 32.1 Å². The van der Waals surface area contributed by atoms with Crippen molar-refractivity contribution in [1.29, 1.82) is 0 Å². The van der Waals surface area contributed by atoms with Gasteiger partial charge in [-0.05, 0) is 116 Å². The van der Waals surface area contributed by atoms with Gasteiger partial charge in [-0.2, -0.15) is 0 Å². The molecule has 0 heterocycles. The molecule has 0 spiro atoms. The second-order valence-corrected chi connectivity index (χ2v) is 28.5. The second kappa shape index (κ2) is 70.0. The molecular formula is C77H138O17P2. The molecule has 0 saturated carbocycles. The number of phosphoric ester groups is 2. The van der Waals surface area contributed by atoms with Crippen molar-refractivity contribution >= 4 is 39.5 Å². The van der Waals surface area contributed by atoms with Crippen molar-refractivity contribution in [2.75, 3.05) is 39.6 Å². The fourth-order valence-electron chi connectivity index (χ4n) is 10.3. The van der Waals surface area contributed by atoms with Crippen molar-refractivity contribution in [3.8, 4) is 0 Å². The van der Waals surface area contributed by atoms with Crippen molar-refractivity contribution in [3.05, 3.63) is 72.9 Å². The van der Waals surface area contributed by atoms with Crippen molar-refractivity contribution < 1.29 is 80.2 Å². The highest BCUT2D eigenvalue weighted by Gasteiger charge is 2.30. The zero-order valence-corrected chi connectivity index (χ0v) is 62.6. The number of carbonyl (C=O) groups is 4. The van der Waals surface area contributed by atoms with Crippen LogP contribution in [0.4, 0.5) is 0 Å². The molecule has 0 aliphatic rings. The number of carbonyl (C=O) groups excluding carboxylic acids is 4. The van der Waals surface area contributed by atoms with Gasteiger partial charge in [0.1, 0.15) is 19.3 Å². The van der Waals surface area contributed by atoms with E-state index < -0.39 is 97.5 Å². The first kappa shape index (κ1) is 92.5. The molecule has 2 unspecified atom stereocenters. The number of hydrogen-bond donors (Lipinski definition) is 3. The number of aliphatic hydroxyl groups is 1. The van der Waals surface area contributed by atoms with Crippen LogP contribution < -0.4 is 0 Å². The Balaban J connectivity index is 5.37. The van der Waals surface area contributed by atoms with Gasteiger partial charge in [0.25, 0.3) is 0 Å². The molecule has 558 valence electrons. The number of unbranched alkanes of at least 4 members (excludes halogenated alkanes) is 34. The summed E-state index contributed by atoms with van der Waals surface area (Å²) in [7, 11) is -9.95. The van der Waals surface area contributed by atoms with Gasteiger partial charge in [0.2, 0.25) is 0 Å². The van der Waals surface area contributed by atoms with E-state index >= 15 is 0 Å². The Hall–Kier alpha value is -3.50. The third-order valence-electron chi connectivity index (χ3n) is 16.1. The molecule has 0 aliphatic carbocycles. The first-order valence-electron chi connectivity index (χ1n) is 38.2. The quantitative estimate of drug-likeness (QED) is 0.0169. The maximum absolute atomic E-state index is 13.1. The average molecular weight is 1400 g/mol. The van der Waals surface area contributed by atoms with Crippen LogP contribution in [0.2, 0.25) is 0 Å². The molecule has 19 heteroatoms. The summed E-state index contributed by atoms with van der Waals surface area (Å²) in [6, 6.07) is 0. The predicted molar refractivity (Wildman–Crippen MR) is 390 cm³/mol. The van der Waals surface area contributed by atoms with Crippen LogP contribution in [0.5, 0.6) is 0 Å². The molecule has 0 aliphatic heterocycles. The number of ether oxygens (including phenoxy) is 4. The molecule has 0 amide bonds. The Labute approximate surface area is 583 Å². The lowest BCUT2D eigenvalue weighted by Crippen LogP contribution is -2.30. The zero-order chi connectivity index (χ0) is 70.4. The van der Waals surface area contributed by atoms with Gasteiger partial charge in [0.05, 0.1) is 26.4 Å². The van der Waals surface area contributed by atoms with Crippen molar-refractivity contribution in [2.45, 2.75) is 354 Å². The van der Waals surface area contributed by atoms with Crippen LogP contribution in [-0.2, 0) is 65.4 Å².